The third-order valence-electron chi connectivity index (χ3n) is 5.28. The van der Waals surface area contributed by atoms with E-state index in [1.54, 1.807) is 4.90 Å². The summed E-state index contributed by atoms with van der Waals surface area (Å²) in [6, 6.07) is 29.1. The summed E-state index contributed by atoms with van der Waals surface area (Å²) in [6.45, 7) is 0.434. The van der Waals surface area contributed by atoms with Crippen LogP contribution in [-0.4, -0.2) is 10.2 Å². The maximum atomic E-state index is 13.3. The van der Waals surface area contributed by atoms with E-state index >= 15 is 0 Å². The predicted molar refractivity (Wildman–Crippen MR) is 142 cm³/mol. The van der Waals surface area contributed by atoms with Gasteiger partial charge in [0.05, 0.1) is 10.6 Å². The third kappa shape index (κ3) is 4.67. The van der Waals surface area contributed by atoms with Gasteiger partial charge in [0, 0.05) is 10.4 Å². The molecule has 0 atom stereocenters. The Bertz CT molecular complexity index is 1390. The smallest absolute Gasteiger partial charge is 0.270 e. The van der Waals surface area contributed by atoms with E-state index in [1.807, 2.05) is 97.1 Å². The second-order valence-corrected chi connectivity index (χ2v) is 9.62. The Hall–Kier alpha value is -3.12. The summed E-state index contributed by atoms with van der Waals surface area (Å²) in [4.78, 5) is 15.5. The molecule has 4 aromatic rings. The Morgan fingerprint density at radius 1 is 0.939 bits per heavy atom. The van der Waals surface area contributed by atoms with Crippen molar-refractivity contribution < 1.29 is 9.53 Å². The Kier molecular flexibility index (Phi) is 6.18. The first-order chi connectivity index (χ1) is 16.1. The van der Waals surface area contributed by atoms with Gasteiger partial charge < -0.3 is 4.74 Å². The van der Waals surface area contributed by atoms with Crippen LogP contribution >= 0.6 is 35.6 Å². The Labute approximate surface area is 206 Å². The highest BCUT2D eigenvalue weighted by atomic mass is 35.5. The average molecular weight is 488 g/mol. The van der Waals surface area contributed by atoms with E-state index in [2.05, 4.69) is 0 Å². The number of thiocarbonyl (C=S) groups is 1. The van der Waals surface area contributed by atoms with Gasteiger partial charge in [-0.05, 0) is 52.9 Å². The van der Waals surface area contributed by atoms with Crippen LogP contribution in [0, 0.1) is 0 Å². The van der Waals surface area contributed by atoms with Crippen LogP contribution in [0.2, 0.25) is 5.02 Å². The van der Waals surface area contributed by atoms with Crippen molar-refractivity contribution in [3.05, 3.63) is 112 Å². The quantitative estimate of drug-likeness (QED) is 0.215. The van der Waals surface area contributed by atoms with E-state index in [1.165, 1.54) is 11.8 Å². The zero-order chi connectivity index (χ0) is 22.8. The SMILES string of the molecule is O=C1/C(=C/c2cccc(OCc3ccc(Cl)cc3)c2)SC(=S)N1c1cccc2ccccc12. The standard InChI is InChI=1S/C27H18ClNO2S2/c28-21-13-11-18(12-14-21)17-31-22-8-3-5-19(15-22)16-25-26(30)29(27(32)33-25)24-10-4-7-20-6-1-2-9-23(20)24/h1-16H,17H2/b25-16-. The number of benzene rings is 4. The molecule has 0 bridgehead atoms. The molecule has 4 aromatic carbocycles. The fourth-order valence-electron chi connectivity index (χ4n) is 3.67. The lowest BCUT2D eigenvalue weighted by molar-refractivity contribution is -0.113. The Morgan fingerprint density at radius 2 is 1.70 bits per heavy atom. The molecule has 3 nitrogen and oxygen atoms in total. The minimum atomic E-state index is -0.117. The number of nitrogens with zero attached hydrogens (tertiary/aromatic N) is 1. The number of thioether (sulfide) groups is 1. The lowest BCUT2D eigenvalue weighted by atomic mass is 10.1. The van der Waals surface area contributed by atoms with Gasteiger partial charge in [0.15, 0.2) is 4.32 Å². The van der Waals surface area contributed by atoms with Crippen LogP contribution in [0.3, 0.4) is 0 Å². The van der Waals surface area contributed by atoms with Gasteiger partial charge in [-0.1, -0.05) is 96.2 Å². The van der Waals surface area contributed by atoms with Crippen molar-refractivity contribution in [2.45, 2.75) is 6.61 Å². The fraction of sp³-hybridized carbons (Fsp3) is 0.0370. The van der Waals surface area contributed by atoms with Crippen molar-refractivity contribution in [3.8, 4) is 5.75 Å². The van der Waals surface area contributed by atoms with Crippen molar-refractivity contribution in [1.82, 2.24) is 0 Å². The number of ether oxygens (including phenoxy) is 1. The lowest BCUT2D eigenvalue weighted by Crippen LogP contribution is -2.27. The van der Waals surface area contributed by atoms with Crippen molar-refractivity contribution >= 4 is 68.3 Å². The molecule has 5 rings (SSSR count). The molecule has 0 radical (unpaired) electrons. The summed E-state index contributed by atoms with van der Waals surface area (Å²) in [5.41, 5.74) is 2.71. The summed E-state index contributed by atoms with van der Waals surface area (Å²) in [7, 11) is 0. The highest BCUT2D eigenvalue weighted by Gasteiger charge is 2.34. The number of hydrogen-bond acceptors (Lipinski definition) is 4. The molecule has 0 aliphatic carbocycles. The van der Waals surface area contributed by atoms with Crippen molar-refractivity contribution in [1.29, 1.82) is 0 Å². The largest absolute Gasteiger partial charge is 0.489 e. The van der Waals surface area contributed by atoms with Gasteiger partial charge in [-0.3, -0.25) is 9.69 Å². The van der Waals surface area contributed by atoms with Gasteiger partial charge in [-0.2, -0.15) is 0 Å². The van der Waals surface area contributed by atoms with E-state index in [-0.39, 0.29) is 5.91 Å². The Balaban J connectivity index is 1.37. The summed E-state index contributed by atoms with van der Waals surface area (Å²) >= 11 is 12.8. The van der Waals surface area contributed by atoms with E-state index in [9.17, 15) is 4.79 Å². The number of hydrogen-bond donors (Lipinski definition) is 0. The molecule has 0 unspecified atom stereocenters. The van der Waals surface area contributed by atoms with Crippen LogP contribution in [0.5, 0.6) is 5.75 Å². The van der Waals surface area contributed by atoms with E-state index < -0.39 is 0 Å². The molecule has 1 heterocycles. The third-order valence-corrected chi connectivity index (χ3v) is 6.83. The average Bonchev–Trinajstić information content (AvgIpc) is 3.11. The van der Waals surface area contributed by atoms with Gasteiger partial charge in [-0.15, -0.1) is 0 Å². The number of amides is 1. The minimum absolute atomic E-state index is 0.117. The second-order valence-electron chi connectivity index (χ2n) is 7.50. The zero-order valence-electron chi connectivity index (χ0n) is 17.4. The molecule has 1 aliphatic rings. The number of carbonyl (C=O) groups is 1. The highest BCUT2D eigenvalue weighted by Crippen LogP contribution is 2.39. The van der Waals surface area contributed by atoms with Crippen molar-refractivity contribution in [3.63, 3.8) is 0 Å². The van der Waals surface area contributed by atoms with Crippen LogP contribution in [0.25, 0.3) is 16.8 Å². The molecule has 162 valence electrons. The molecule has 1 amide bonds. The molecule has 0 spiro atoms. The summed E-state index contributed by atoms with van der Waals surface area (Å²) in [6.07, 6.45) is 1.86. The molecule has 1 fully saturated rings. The van der Waals surface area contributed by atoms with E-state index in [0.717, 1.165) is 33.3 Å². The molecule has 6 heteroatoms. The van der Waals surface area contributed by atoms with Gasteiger partial charge in [0.1, 0.15) is 12.4 Å². The number of halogens is 1. The van der Waals surface area contributed by atoms with Gasteiger partial charge >= 0.3 is 0 Å². The van der Waals surface area contributed by atoms with Gasteiger partial charge in [0.2, 0.25) is 0 Å². The first-order valence-corrected chi connectivity index (χ1v) is 11.9. The first kappa shape index (κ1) is 21.7. The zero-order valence-corrected chi connectivity index (χ0v) is 19.8. The van der Waals surface area contributed by atoms with Crippen LogP contribution in [0.4, 0.5) is 5.69 Å². The molecule has 0 N–H and O–H groups in total. The summed E-state index contributed by atoms with van der Waals surface area (Å²) in [5, 5.41) is 2.76. The topological polar surface area (TPSA) is 29.5 Å². The van der Waals surface area contributed by atoms with Gasteiger partial charge in [0.25, 0.3) is 5.91 Å². The van der Waals surface area contributed by atoms with Crippen LogP contribution in [-0.2, 0) is 11.4 Å². The number of anilines is 1. The maximum Gasteiger partial charge on any atom is 0.270 e. The molecule has 0 aromatic heterocycles. The van der Waals surface area contributed by atoms with E-state index in [4.69, 9.17) is 28.6 Å². The summed E-state index contributed by atoms with van der Waals surface area (Å²) < 4.78 is 6.45. The molecule has 0 saturated carbocycles. The van der Waals surface area contributed by atoms with E-state index in [0.29, 0.717) is 20.9 Å². The van der Waals surface area contributed by atoms with Crippen molar-refractivity contribution in [2.24, 2.45) is 0 Å². The van der Waals surface area contributed by atoms with Crippen LogP contribution in [0.15, 0.2) is 95.9 Å². The summed E-state index contributed by atoms with van der Waals surface area (Å²) in [5.74, 6) is 0.608. The molecule has 33 heavy (non-hydrogen) atoms. The monoisotopic (exact) mass is 487 g/mol. The Morgan fingerprint density at radius 3 is 2.55 bits per heavy atom. The second kappa shape index (κ2) is 9.40. The van der Waals surface area contributed by atoms with Crippen LogP contribution < -0.4 is 9.64 Å². The predicted octanol–water partition coefficient (Wildman–Crippen LogP) is 7.48. The molecular weight excluding hydrogens is 470 g/mol. The van der Waals surface area contributed by atoms with Gasteiger partial charge in [-0.25, -0.2) is 0 Å². The maximum absolute atomic E-state index is 13.3. The highest BCUT2D eigenvalue weighted by molar-refractivity contribution is 8.27. The minimum Gasteiger partial charge on any atom is -0.489 e. The number of carbonyl (C=O) groups excluding carboxylic acids is 1. The van der Waals surface area contributed by atoms with Crippen LogP contribution in [0.1, 0.15) is 11.1 Å². The first-order valence-electron chi connectivity index (χ1n) is 10.3. The number of fused-ring (bicyclic) bond motifs is 1. The van der Waals surface area contributed by atoms with Crippen molar-refractivity contribution in [2.75, 3.05) is 4.90 Å². The molecule has 1 aliphatic heterocycles. The molecular formula is C27H18ClNO2S2. The fourth-order valence-corrected chi connectivity index (χ4v) is 5.08. The normalized spacial score (nSPS) is 14.9. The molecule has 1 saturated heterocycles. The number of rotatable bonds is 5. The lowest BCUT2D eigenvalue weighted by Gasteiger charge is -2.17.